The van der Waals surface area contributed by atoms with Gasteiger partial charge in [-0.2, -0.15) is 0 Å². The van der Waals surface area contributed by atoms with Crippen LogP contribution in [-0.2, 0) is 11.3 Å². The van der Waals surface area contributed by atoms with E-state index in [4.69, 9.17) is 4.74 Å². The van der Waals surface area contributed by atoms with Crippen LogP contribution in [0.25, 0.3) is 0 Å². The van der Waals surface area contributed by atoms with Crippen LogP contribution in [0.4, 0.5) is 0 Å². The highest BCUT2D eigenvalue weighted by molar-refractivity contribution is 5.18. The van der Waals surface area contributed by atoms with Crippen molar-refractivity contribution < 1.29 is 4.74 Å². The first-order valence-corrected chi connectivity index (χ1v) is 7.11. The number of rotatable bonds is 3. The van der Waals surface area contributed by atoms with Crippen molar-refractivity contribution in [2.24, 2.45) is 0 Å². The van der Waals surface area contributed by atoms with Crippen LogP contribution in [0, 0.1) is 0 Å². The van der Waals surface area contributed by atoms with E-state index < -0.39 is 0 Å². The van der Waals surface area contributed by atoms with E-state index in [1.165, 1.54) is 5.56 Å². The molecule has 2 aliphatic rings. The maximum Gasteiger partial charge on any atom is 0.0780 e. The Morgan fingerprint density at radius 3 is 2.68 bits per heavy atom. The zero-order valence-corrected chi connectivity index (χ0v) is 12.1. The van der Waals surface area contributed by atoms with Crippen molar-refractivity contribution >= 4 is 0 Å². The summed E-state index contributed by atoms with van der Waals surface area (Å²) >= 11 is 0. The third-order valence-corrected chi connectivity index (χ3v) is 4.59. The van der Waals surface area contributed by atoms with Crippen molar-refractivity contribution in [2.45, 2.75) is 44.0 Å². The fourth-order valence-electron chi connectivity index (χ4n) is 4.01. The maximum absolute atomic E-state index is 5.70. The summed E-state index contributed by atoms with van der Waals surface area (Å²) < 4.78 is 5.70. The Hall–Kier alpha value is -0.900. The van der Waals surface area contributed by atoms with Crippen LogP contribution in [0.3, 0.4) is 0 Å². The van der Waals surface area contributed by atoms with Crippen molar-refractivity contribution in [2.75, 3.05) is 20.2 Å². The van der Waals surface area contributed by atoms with Crippen molar-refractivity contribution in [3.8, 4) is 0 Å². The molecular formula is C16H24N2O. The maximum atomic E-state index is 5.70. The summed E-state index contributed by atoms with van der Waals surface area (Å²) in [4.78, 5) is 2.56. The number of hydrogen-bond acceptors (Lipinski definition) is 3. The Morgan fingerprint density at radius 1 is 1.26 bits per heavy atom. The number of piperazine rings is 1. The monoisotopic (exact) mass is 260 g/mol. The van der Waals surface area contributed by atoms with E-state index in [-0.39, 0.29) is 11.1 Å². The van der Waals surface area contributed by atoms with Crippen molar-refractivity contribution in [3.63, 3.8) is 0 Å². The lowest BCUT2D eigenvalue weighted by molar-refractivity contribution is 0.0287. The Kier molecular flexibility index (Phi) is 3.16. The Bertz CT molecular complexity index is 449. The Balaban J connectivity index is 1.76. The van der Waals surface area contributed by atoms with E-state index in [9.17, 15) is 0 Å². The zero-order chi connectivity index (χ0) is 13.5. The van der Waals surface area contributed by atoms with Gasteiger partial charge in [-0.15, -0.1) is 0 Å². The summed E-state index contributed by atoms with van der Waals surface area (Å²) in [7, 11) is 1.84. The summed E-state index contributed by atoms with van der Waals surface area (Å²) in [6.45, 7) is 7.79. The molecular weight excluding hydrogens is 236 g/mol. The molecule has 1 N–H and O–H groups in total. The van der Waals surface area contributed by atoms with Gasteiger partial charge in [0.1, 0.15) is 0 Å². The molecule has 1 aromatic carbocycles. The molecule has 2 aliphatic heterocycles. The van der Waals surface area contributed by atoms with Gasteiger partial charge in [0.15, 0.2) is 0 Å². The van der Waals surface area contributed by atoms with Gasteiger partial charge in [-0.3, -0.25) is 4.90 Å². The van der Waals surface area contributed by atoms with Crippen LogP contribution in [0.5, 0.6) is 0 Å². The van der Waals surface area contributed by atoms with Crippen LogP contribution in [0.15, 0.2) is 30.3 Å². The predicted molar refractivity (Wildman–Crippen MR) is 77.1 cm³/mol. The van der Waals surface area contributed by atoms with Gasteiger partial charge >= 0.3 is 0 Å². The average Bonchev–Trinajstić information content (AvgIpc) is 2.55. The third kappa shape index (κ3) is 2.42. The van der Waals surface area contributed by atoms with E-state index >= 15 is 0 Å². The standard InChI is InChI=1S/C16H24N2O/c1-15-9-14(19-3)16(2,17-15)12-18(11-15)10-13-7-5-4-6-8-13/h4-8,14,17H,9-12H2,1-3H3. The fourth-order valence-corrected chi connectivity index (χ4v) is 4.01. The smallest absolute Gasteiger partial charge is 0.0780 e. The van der Waals surface area contributed by atoms with Crippen LogP contribution >= 0.6 is 0 Å². The first kappa shape index (κ1) is 13.1. The van der Waals surface area contributed by atoms with Crippen LogP contribution < -0.4 is 5.32 Å². The lowest BCUT2D eigenvalue weighted by atomic mass is 9.96. The van der Waals surface area contributed by atoms with Gasteiger partial charge in [-0.05, 0) is 25.8 Å². The summed E-state index contributed by atoms with van der Waals surface area (Å²) in [6.07, 6.45) is 1.42. The first-order chi connectivity index (χ1) is 9.03. The zero-order valence-electron chi connectivity index (χ0n) is 12.1. The molecule has 2 saturated heterocycles. The third-order valence-electron chi connectivity index (χ3n) is 4.59. The molecule has 104 valence electrons. The van der Waals surface area contributed by atoms with Gasteiger partial charge in [0, 0.05) is 32.3 Å². The quantitative estimate of drug-likeness (QED) is 0.900. The highest BCUT2D eigenvalue weighted by Gasteiger charge is 2.54. The van der Waals surface area contributed by atoms with Crippen molar-refractivity contribution in [1.29, 1.82) is 0 Å². The Morgan fingerprint density at radius 2 is 2.00 bits per heavy atom. The minimum absolute atomic E-state index is 0.0799. The molecule has 2 heterocycles. The van der Waals surface area contributed by atoms with Gasteiger partial charge in [0.2, 0.25) is 0 Å². The normalized spacial score (nSPS) is 38.6. The van der Waals surface area contributed by atoms with E-state index in [0.717, 1.165) is 26.1 Å². The highest BCUT2D eigenvalue weighted by atomic mass is 16.5. The van der Waals surface area contributed by atoms with E-state index in [1.807, 2.05) is 7.11 Å². The number of methoxy groups -OCH3 is 1. The minimum atomic E-state index is 0.0799. The molecule has 3 heteroatoms. The van der Waals surface area contributed by atoms with Gasteiger partial charge in [0.25, 0.3) is 0 Å². The molecule has 2 fully saturated rings. The SMILES string of the molecule is COC1CC2(C)CN(Cc3ccccc3)CC1(C)N2. The second-order valence-corrected chi connectivity index (χ2v) is 6.66. The largest absolute Gasteiger partial charge is 0.379 e. The topological polar surface area (TPSA) is 24.5 Å². The molecule has 3 nitrogen and oxygen atoms in total. The lowest BCUT2D eigenvalue weighted by Crippen LogP contribution is -2.64. The number of hydrogen-bond donors (Lipinski definition) is 1. The summed E-state index contributed by atoms with van der Waals surface area (Å²) in [5.41, 5.74) is 1.66. The highest BCUT2D eigenvalue weighted by Crippen LogP contribution is 2.38. The number of nitrogens with one attached hydrogen (secondary N) is 1. The number of ether oxygens (including phenoxy) is 1. The number of benzene rings is 1. The molecule has 0 radical (unpaired) electrons. The summed E-state index contributed by atoms with van der Waals surface area (Å²) in [5.74, 6) is 0. The van der Waals surface area contributed by atoms with Gasteiger partial charge in [-0.1, -0.05) is 30.3 Å². The summed E-state index contributed by atoms with van der Waals surface area (Å²) in [6, 6.07) is 10.7. The lowest BCUT2D eigenvalue weighted by Gasteiger charge is -2.44. The molecule has 19 heavy (non-hydrogen) atoms. The van der Waals surface area contributed by atoms with E-state index in [0.29, 0.717) is 6.10 Å². The van der Waals surface area contributed by atoms with Crippen LogP contribution in [-0.4, -0.2) is 42.3 Å². The molecule has 0 saturated carbocycles. The molecule has 3 atom stereocenters. The molecule has 3 rings (SSSR count). The van der Waals surface area contributed by atoms with E-state index in [1.54, 1.807) is 0 Å². The average molecular weight is 260 g/mol. The minimum Gasteiger partial charge on any atom is -0.379 e. The molecule has 0 spiro atoms. The number of likely N-dealkylation sites (tertiary alicyclic amines) is 1. The molecule has 2 bridgehead atoms. The first-order valence-electron chi connectivity index (χ1n) is 7.11. The second kappa shape index (κ2) is 4.58. The molecule has 3 unspecified atom stereocenters. The Labute approximate surface area is 115 Å². The molecule has 0 aromatic heterocycles. The summed E-state index contributed by atoms with van der Waals surface area (Å²) in [5, 5.41) is 3.79. The second-order valence-electron chi connectivity index (χ2n) is 6.66. The van der Waals surface area contributed by atoms with Crippen molar-refractivity contribution in [1.82, 2.24) is 10.2 Å². The van der Waals surface area contributed by atoms with Gasteiger partial charge < -0.3 is 10.1 Å². The number of fused-ring (bicyclic) bond motifs is 2. The van der Waals surface area contributed by atoms with Gasteiger partial charge in [-0.25, -0.2) is 0 Å². The molecule has 0 amide bonds. The van der Waals surface area contributed by atoms with Gasteiger partial charge in [0.05, 0.1) is 11.6 Å². The van der Waals surface area contributed by atoms with Crippen molar-refractivity contribution in [3.05, 3.63) is 35.9 Å². The number of nitrogens with zero attached hydrogens (tertiary/aromatic N) is 1. The van der Waals surface area contributed by atoms with Crippen LogP contribution in [0.2, 0.25) is 0 Å². The molecule has 1 aromatic rings. The predicted octanol–water partition coefficient (Wildman–Crippen LogP) is 2.03. The van der Waals surface area contributed by atoms with E-state index in [2.05, 4.69) is 54.4 Å². The van der Waals surface area contributed by atoms with Crippen LogP contribution in [0.1, 0.15) is 25.8 Å². The fraction of sp³-hybridized carbons (Fsp3) is 0.625. The molecule has 0 aliphatic carbocycles.